The third-order valence-electron chi connectivity index (χ3n) is 4.42. The van der Waals surface area contributed by atoms with Crippen LogP contribution in [0.25, 0.3) is 0 Å². The van der Waals surface area contributed by atoms with Crippen LogP contribution in [0.5, 0.6) is 0 Å². The second-order valence-corrected chi connectivity index (χ2v) is 5.90. The Balaban J connectivity index is 1.75. The molecule has 1 saturated heterocycles. The highest BCUT2D eigenvalue weighted by atomic mass is 15.2. The van der Waals surface area contributed by atoms with Gasteiger partial charge in [-0.15, -0.1) is 0 Å². The first-order chi connectivity index (χ1) is 8.08. The van der Waals surface area contributed by atoms with E-state index in [4.69, 9.17) is 0 Å². The van der Waals surface area contributed by atoms with Gasteiger partial charge in [0.05, 0.1) is 0 Å². The van der Waals surface area contributed by atoms with Crippen LogP contribution in [0, 0.1) is 0 Å². The quantitative estimate of drug-likeness (QED) is 0.784. The smallest absolute Gasteiger partial charge is 0.0468 e. The molecule has 1 saturated carbocycles. The molecule has 0 aromatic carbocycles. The molecule has 1 aliphatic carbocycles. The molecule has 0 amide bonds. The molecule has 0 bridgehead atoms. The van der Waals surface area contributed by atoms with Crippen LogP contribution in [0.2, 0.25) is 0 Å². The first kappa shape index (κ1) is 12.9. The van der Waals surface area contributed by atoms with E-state index in [1.165, 1.54) is 44.3 Å². The number of nitrogens with one attached hydrogen (secondary N) is 1. The summed E-state index contributed by atoms with van der Waals surface area (Å²) in [6, 6.07) is 2.00. The molecule has 2 fully saturated rings. The van der Waals surface area contributed by atoms with Crippen molar-refractivity contribution in [3.05, 3.63) is 12.3 Å². The van der Waals surface area contributed by atoms with E-state index in [1.807, 2.05) is 0 Å². The lowest BCUT2D eigenvalue weighted by atomic mass is 9.91. The standard InChI is InChI=1S/C14H27N3/c1-11(16(2)3)14-9-8-12(15-14)10-17(4)13-6-5-7-13/h12-15H,1,5-10H2,2-4H3. The van der Waals surface area contributed by atoms with Crippen molar-refractivity contribution in [2.75, 3.05) is 27.7 Å². The zero-order chi connectivity index (χ0) is 12.4. The maximum atomic E-state index is 4.16. The van der Waals surface area contributed by atoms with E-state index in [9.17, 15) is 0 Å². The summed E-state index contributed by atoms with van der Waals surface area (Å²) in [6.07, 6.45) is 6.75. The molecule has 2 unspecified atom stereocenters. The van der Waals surface area contributed by atoms with Gasteiger partial charge in [-0.1, -0.05) is 13.0 Å². The molecule has 1 heterocycles. The van der Waals surface area contributed by atoms with E-state index >= 15 is 0 Å². The minimum absolute atomic E-state index is 0.491. The Kier molecular flexibility index (Phi) is 4.10. The van der Waals surface area contributed by atoms with Gasteiger partial charge in [0, 0.05) is 44.5 Å². The maximum Gasteiger partial charge on any atom is 0.0468 e. The van der Waals surface area contributed by atoms with Gasteiger partial charge in [-0.2, -0.15) is 0 Å². The lowest BCUT2D eigenvalue weighted by Gasteiger charge is -2.36. The molecular formula is C14H27N3. The summed E-state index contributed by atoms with van der Waals surface area (Å²) in [7, 11) is 6.44. The average molecular weight is 237 g/mol. The van der Waals surface area contributed by atoms with Crippen molar-refractivity contribution >= 4 is 0 Å². The molecule has 2 atom stereocenters. The fourth-order valence-corrected chi connectivity index (χ4v) is 2.86. The number of rotatable bonds is 5. The molecule has 0 aromatic rings. The van der Waals surface area contributed by atoms with Crippen molar-refractivity contribution in [2.45, 2.75) is 50.2 Å². The fourth-order valence-electron chi connectivity index (χ4n) is 2.86. The van der Waals surface area contributed by atoms with E-state index in [1.54, 1.807) is 0 Å². The van der Waals surface area contributed by atoms with Crippen LogP contribution in [-0.4, -0.2) is 55.6 Å². The maximum absolute atomic E-state index is 4.16. The van der Waals surface area contributed by atoms with Crippen LogP contribution < -0.4 is 5.32 Å². The summed E-state index contributed by atoms with van der Waals surface area (Å²) in [5.74, 6) is 0. The third-order valence-corrected chi connectivity index (χ3v) is 4.42. The second-order valence-electron chi connectivity index (χ2n) is 5.90. The predicted molar refractivity (Wildman–Crippen MR) is 73.0 cm³/mol. The van der Waals surface area contributed by atoms with Crippen molar-refractivity contribution in [3.8, 4) is 0 Å². The Morgan fingerprint density at radius 3 is 2.41 bits per heavy atom. The molecular weight excluding hydrogens is 210 g/mol. The van der Waals surface area contributed by atoms with Crippen molar-refractivity contribution in [1.29, 1.82) is 0 Å². The molecule has 0 aromatic heterocycles. The van der Waals surface area contributed by atoms with Gasteiger partial charge < -0.3 is 15.1 Å². The van der Waals surface area contributed by atoms with Crippen LogP contribution >= 0.6 is 0 Å². The lowest BCUT2D eigenvalue weighted by Crippen LogP contribution is -2.45. The van der Waals surface area contributed by atoms with Gasteiger partial charge in [0.25, 0.3) is 0 Å². The molecule has 1 N–H and O–H groups in total. The Morgan fingerprint density at radius 2 is 1.88 bits per heavy atom. The molecule has 3 nitrogen and oxygen atoms in total. The van der Waals surface area contributed by atoms with Crippen LogP contribution in [0.3, 0.4) is 0 Å². The molecule has 98 valence electrons. The average Bonchev–Trinajstić information content (AvgIpc) is 2.61. The number of likely N-dealkylation sites (N-methyl/N-ethyl adjacent to an activating group) is 2. The summed E-state index contributed by atoms with van der Waals surface area (Å²) in [5, 5.41) is 3.72. The topological polar surface area (TPSA) is 18.5 Å². The molecule has 3 heteroatoms. The zero-order valence-electron chi connectivity index (χ0n) is 11.6. The highest BCUT2D eigenvalue weighted by Gasteiger charge is 2.29. The van der Waals surface area contributed by atoms with E-state index in [-0.39, 0.29) is 0 Å². The number of hydrogen-bond acceptors (Lipinski definition) is 3. The largest absolute Gasteiger partial charge is 0.380 e. The van der Waals surface area contributed by atoms with E-state index in [0.29, 0.717) is 12.1 Å². The normalized spacial score (nSPS) is 29.4. The minimum Gasteiger partial charge on any atom is -0.380 e. The summed E-state index contributed by atoms with van der Waals surface area (Å²) < 4.78 is 0. The molecule has 1 aliphatic heterocycles. The summed E-state index contributed by atoms with van der Waals surface area (Å²) >= 11 is 0. The predicted octanol–water partition coefficient (Wildman–Crippen LogP) is 1.67. The Morgan fingerprint density at radius 1 is 1.18 bits per heavy atom. The monoisotopic (exact) mass is 237 g/mol. The molecule has 2 rings (SSSR count). The fraction of sp³-hybridized carbons (Fsp3) is 0.857. The lowest BCUT2D eigenvalue weighted by molar-refractivity contribution is 0.147. The SMILES string of the molecule is C=C(C1CCC(CN(C)C2CCC2)N1)N(C)C. The van der Waals surface area contributed by atoms with Gasteiger partial charge in [0.2, 0.25) is 0 Å². The summed E-state index contributed by atoms with van der Waals surface area (Å²) in [6.45, 7) is 5.36. The third kappa shape index (κ3) is 3.02. The second kappa shape index (κ2) is 5.40. The molecule has 0 spiro atoms. The van der Waals surface area contributed by atoms with E-state index in [2.05, 4.69) is 42.8 Å². The minimum atomic E-state index is 0.491. The first-order valence-corrected chi connectivity index (χ1v) is 6.90. The number of hydrogen-bond donors (Lipinski definition) is 1. The van der Waals surface area contributed by atoms with Crippen molar-refractivity contribution < 1.29 is 0 Å². The van der Waals surface area contributed by atoms with Crippen LogP contribution in [0.4, 0.5) is 0 Å². The van der Waals surface area contributed by atoms with Crippen LogP contribution in [0.1, 0.15) is 32.1 Å². The van der Waals surface area contributed by atoms with Crippen molar-refractivity contribution in [1.82, 2.24) is 15.1 Å². The van der Waals surface area contributed by atoms with Crippen LogP contribution in [0.15, 0.2) is 12.3 Å². The molecule has 17 heavy (non-hydrogen) atoms. The van der Waals surface area contributed by atoms with Crippen molar-refractivity contribution in [3.63, 3.8) is 0 Å². The highest BCUT2D eigenvalue weighted by Crippen LogP contribution is 2.25. The van der Waals surface area contributed by atoms with Crippen molar-refractivity contribution in [2.24, 2.45) is 0 Å². The van der Waals surface area contributed by atoms with Crippen LogP contribution in [-0.2, 0) is 0 Å². The molecule has 2 aliphatic rings. The van der Waals surface area contributed by atoms with Gasteiger partial charge in [-0.05, 0) is 32.7 Å². The van der Waals surface area contributed by atoms with Gasteiger partial charge in [0.15, 0.2) is 0 Å². The van der Waals surface area contributed by atoms with Gasteiger partial charge >= 0.3 is 0 Å². The first-order valence-electron chi connectivity index (χ1n) is 6.90. The van der Waals surface area contributed by atoms with Gasteiger partial charge in [-0.25, -0.2) is 0 Å². The Labute approximate surface area is 106 Å². The molecule has 0 radical (unpaired) electrons. The van der Waals surface area contributed by atoms with Gasteiger partial charge in [0.1, 0.15) is 0 Å². The van der Waals surface area contributed by atoms with E-state index < -0.39 is 0 Å². The highest BCUT2D eigenvalue weighted by molar-refractivity contribution is 5.07. The summed E-state index contributed by atoms with van der Waals surface area (Å²) in [5.41, 5.74) is 1.22. The zero-order valence-corrected chi connectivity index (χ0v) is 11.6. The number of nitrogens with zero attached hydrogens (tertiary/aromatic N) is 2. The Bertz CT molecular complexity index is 271. The Hall–Kier alpha value is -0.540. The van der Waals surface area contributed by atoms with E-state index in [0.717, 1.165) is 6.04 Å². The summed E-state index contributed by atoms with van der Waals surface area (Å²) in [4.78, 5) is 4.68. The van der Waals surface area contributed by atoms with Gasteiger partial charge in [-0.3, -0.25) is 0 Å².